The number of fused-ring (bicyclic) bond motifs is 7. The maximum absolute atomic E-state index is 11.8. The van der Waals surface area contributed by atoms with Gasteiger partial charge in [0.2, 0.25) is 0 Å². The van der Waals surface area contributed by atoms with Crippen LogP contribution in [-0.2, 0) is 23.7 Å². The second-order valence-corrected chi connectivity index (χ2v) is 32.2. The fraction of sp³-hybridized carbons (Fsp3) is 0.176. The molecule has 0 spiro atoms. The minimum atomic E-state index is -0.202. The van der Waals surface area contributed by atoms with Gasteiger partial charge in [0.05, 0.1) is 22.4 Å². The highest BCUT2D eigenvalue weighted by atomic mass is 16.3. The second kappa shape index (κ2) is 26.3. The molecule has 13 aromatic carbocycles. The quantitative estimate of drug-likeness (QED) is 0.140. The second-order valence-electron chi connectivity index (χ2n) is 32.2. The van der Waals surface area contributed by atoms with E-state index < -0.39 is 0 Å². The third-order valence-corrected chi connectivity index (χ3v) is 22.5. The molecule has 107 heavy (non-hydrogen) atoms. The van der Waals surface area contributed by atoms with Crippen molar-refractivity contribution >= 4 is 33.0 Å². The zero-order valence-corrected chi connectivity index (χ0v) is 63.9. The summed E-state index contributed by atoms with van der Waals surface area (Å²) in [5.74, 6) is 0.929. The average Bonchev–Trinajstić information content (AvgIpc) is 1.63. The molecular formula is C102H89N3O2. The summed E-state index contributed by atoms with van der Waals surface area (Å²) in [7, 11) is 0. The Morgan fingerprint density at radius 1 is 0.346 bits per heavy atom. The molecule has 0 saturated carbocycles. The topological polar surface area (TPSA) is 64.1 Å². The number of para-hydroxylation sites is 2. The van der Waals surface area contributed by atoms with Gasteiger partial charge in [-0.15, -0.1) is 0 Å². The Labute approximate surface area is 629 Å². The number of aromatic hydroxyl groups is 1. The van der Waals surface area contributed by atoms with Crippen molar-refractivity contribution in [2.45, 2.75) is 121 Å². The van der Waals surface area contributed by atoms with Crippen LogP contribution in [0.25, 0.3) is 162 Å². The van der Waals surface area contributed by atoms with E-state index >= 15 is 0 Å². The van der Waals surface area contributed by atoms with Crippen molar-refractivity contribution in [3.8, 4) is 134 Å². The number of phenols is 1. The van der Waals surface area contributed by atoms with E-state index in [9.17, 15) is 5.11 Å². The number of hydrogen-bond acceptors (Lipinski definition) is 4. The molecule has 0 amide bonds. The first-order valence-corrected chi connectivity index (χ1v) is 37.8. The van der Waals surface area contributed by atoms with Gasteiger partial charge in [0.25, 0.3) is 0 Å². The molecule has 0 unspecified atom stereocenters. The molecule has 3 heterocycles. The van der Waals surface area contributed by atoms with Gasteiger partial charge in [-0.2, -0.15) is 0 Å². The van der Waals surface area contributed by atoms with Crippen molar-refractivity contribution in [3.05, 3.63) is 322 Å². The molecule has 524 valence electrons. The number of benzene rings is 13. The number of imidazole rings is 1. The van der Waals surface area contributed by atoms with Gasteiger partial charge in [0.1, 0.15) is 22.6 Å². The lowest BCUT2D eigenvalue weighted by Crippen LogP contribution is -2.11. The van der Waals surface area contributed by atoms with E-state index in [2.05, 4.69) is 344 Å². The first-order valence-electron chi connectivity index (χ1n) is 37.8. The largest absolute Gasteiger partial charge is 0.507 e. The Hall–Kier alpha value is -11.9. The number of rotatable bonds is 11. The highest BCUT2D eigenvalue weighted by Gasteiger charge is 2.32. The van der Waals surface area contributed by atoms with Gasteiger partial charge < -0.3 is 9.52 Å². The third kappa shape index (κ3) is 12.0. The Morgan fingerprint density at radius 2 is 0.841 bits per heavy atom. The number of phenolic OH excluding ortho intramolecular Hbond substituents is 1. The minimum absolute atomic E-state index is 0.202. The Kier molecular flexibility index (Phi) is 16.8. The molecule has 0 aliphatic heterocycles. The van der Waals surface area contributed by atoms with Crippen LogP contribution in [0.5, 0.6) is 5.75 Å². The van der Waals surface area contributed by atoms with E-state index in [0.29, 0.717) is 11.5 Å². The fourth-order valence-electron chi connectivity index (χ4n) is 17.6. The number of hydrogen-bond donors (Lipinski definition) is 1. The van der Waals surface area contributed by atoms with Crippen molar-refractivity contribution in [3.63, 3.8) is 0 Å². The minimum Gasteiger partial charge on any atom is -0.507 e. The maximum Gasteiger partial charge on any atom is 0.164 e. The van der Waals surface area contributed by atoms with Crippen LogP contribution >= 0.6 is 0 Å². The third-order valence-electron chi connectivity index (χ3n) is 22.5. The summed E-state index contributed by atoms with van der Waals surface area (Å²) in [5, 5.41) is 13.9. The van der Waals surface area contributed by atoms with E-state index in [4.69, 9.17) is 14.4 Å². The molecule has 3 aromatic heterocycles. The lowest BCUT2D eigenvalue weighted by Gasteiger charge is -2.25. The predicted molar refractivity (Wildman–Crippen MR) is 450 cm³/mol. The standard InChI is InChI=1S/C102H89N3O2/c1-59-47-63(5)90(64(6)48-59)81-37-26-38-82(91-65(7)49-60(2)50-66(91)8)95(81)83-44-46-86-98(104-100(105(86)99-61(3)27-23-28-62(99)4)85-45-43-70-42-41-69-33-24-39-87(106)93(69)97(70)103-85)92(83)75-57-84(96-80-34-21-22-40-88(80)107-89(96)58-75)94-78(73-51-71(67-29-17-15-18-30-67)53-76(55-73)101(9,10)11)35-25-36-79(94)74-52-72(68-31-19-16-20-32-68)54-77(56-74)102(12,13)14/h15-40,43-58,106H,41-42H2,1-14H3. The number of furan rings is 1. The Bertz CT molecular complexity index is 6040. The van der Waals surface area contributed by atoms with Crippen LogP contribution in [0.4, 0.5) is 0 Å². The van der Waals surface area contributed by atoms with E-state index in [1.807, 2.05) is 6.07 Å². The number of aromatic nitrogens is 3. The van der Waals surface area contributed by atoms with Crippen molar-refractivity contribution < 1.29 is 9.52 Å². The highest BCUT2D eigenvalue weighted by Crippen LogP contribution is 2.54. The zero-order chi connectivity index (χ0) is 74.1. The molecule has 1 aliphatic rings. The molecule has 1 N–H and O–H groups in total. The van der Waals surface area contributed by atoms with Crippen LogP contribution in [0, 0.1) is 55.4 Å². The number of aryl methyl sites for hydroxylation is 10. The van der Waals surface area contributed by atoms with Gasteiger partial charge in [0.15, 0.2) is 5.82 Å². The van der Waals surface area contributed by atoms with Crippen LogP contribution in [0.1, 0.15) is 108 Å². The molecule has 0 fully saturated rings. The van der Waals surface area contributed by atoms with Gasteiger partial charge in [-0.25, -0.2) is 9.97 Å². The molecular weight excluding hydrogens is 1300 g/mol. The molecule has 0 bridgehead atoms. The fourth-order valence-corrected chi connectivity index (χ4v) is 17.6. The summed E-state index contributed by atoms with van der Waals surface area (Å²) >= 11 is 0. The monoisotopic (exact) mass is 1390 g/mol. The summed E-state index contributed by atoms with van der Waals surface area (Å²) in [6.45, 7) is 31.9. The van der Waals surface area contributed by atoms with Crippen LogP contribution in [0.3, 0.4) is 0 Å². The zero-order valence-electron chi connectivity index (χ0n) is 63.9. The first kappa shape index (κ1) is 68.2. The smallest absolute Gasteiger partial charge is 0.164 e. The van der Waals surface area contributed by atoms with Crippen molar-refractivity contribution in [2.24, 2.45) is 0 Å². The van der Waals surface area contributed by atoms with Gasteiger partial charge in [-0.1, -0.05) is 259 Å². The van der Waals surface area contributed by atoms with Crippen molar-refractivity contribution in [1.82, 2.24) is 14.5 Å². The lowest BCUT2D eigenvalue weighted by molar-refractivity contribution is 0.476. The molecule has 16 aromatic rings. The number of pyridine rings is 1. The van der Waals surface area contributed by atoms with Crippen LogP contribution in [0.15, 0.2) is 259 Å². The van der Waals surface area contributed by atoms with Gasteiger partial charge in [0, 0.05) is 21.9 Å². The molecule has 17 rings (SSSR count). The average molecular weight is 1390 g/mol. The molecule has 5 nitrogen and oxygen atoms in total. The van der Waals surface area contributed by atoms with Gasteiger partial charge >= 0.3 is 0 Å². The Morgan fingerprint density at radius 3 is 1.41 bits per heavy atom. The summed E-state index contributed by atoms with van der Waals surface area (Å²) < 4.78 is 9.89. The lowest BCUT2D eigenvalue weighted by atomic mass is 9.78. The van der Waals surface area contributed by atoms with Crippen LogP contribution in [-0.4, -0.2) is 19.6 Å². The predicted octanol–water partition coefficient (Wildman–Crippen LogP) is 27.5. The van der Waals surface area contributed by atoms with E-state index in [1.54, 1.807) is 6.07 Å². The van der Waals surface area contributed by atoms with Crippen molar-refractivity contribution in [2.75, 3.05) is 0 Å². The van der Waals surface area contributed by atoms with Crippen LogP contribution < -0.4 is 0 Å². The Balaban J connectivity index is 1.08. The molecule has 0 saturated heterocycles. The summed E-state index contributed by atoms with van der Waals surface area (Å²) in [6, 6.07) is 94.5. The number of nitrogens with zero attached hydrogens (tertiary/aromatic N) is 3. The van der Waals surface area contributed by atoms with E-state index in [0.717, 1.165) is 174 Å². The maximum atomic E-state index is 11.8. The summed E-state index contributed by atoms with van der Waals surface area (Å²) in [4.78, 5) is 11.9. The van der Waals surface area contributed by atoms with E-state index in [1.165, 1.54) is 55.6 Å². The molecule has 1 aliphatic carbocycles. The highest BCUT2D eigenvalue weighted by molar-refractivity contribution is 6.19. The molecule has 0 radical (unpaired) electrons. The van der Waals surface area contributed by atoms with E-state index in [-0.39, 0.29) is 16.6 Å². The summed E-state index contributed by atoms with van der Waals surface area (Å²) in [6.07, 6.45) is 1.63. The molecule has 0 atom stereocenters. The SMILES string of the molecule is Cc1cc(C)c(-c2cccc(-c3c(C)cc(C)cc3C)c2-c2ccc3c(nc(-c4ccc5c(n4)-c4c(O)cccc4CC5)n3-c3c(C)cccc3C)c2-c2cc(-c3c(-c4cc(-c5ccccc5)cc(C(C)(C)C)c4)cccc3-c3cc(-c4ccccc4)cc(C(C)(C)C)c3)c3c(c2)oc2ccccc23)c(C)c1. The summed E-state index contributed by atoms with van der Waals surface area (Å²) in [5.41, 5.74) is 40.3. The van der Waals surface area contributed by atoms with Crippen LogP contribution in [0.2, 0.25) is 0 Å². The molecule has 5 heteroatoms. The van der Waals surface area contributed by atoms with Crippen molar-refractivity contribution in [1.29, 1.82) is 0 Å². The van der Waals surface area contributed by atoms with Gasteiger partial charge in [-0.3, -0.25) is 4.57 Å². The van der Waals surface area contributed by atoms with Gasteiger partial charge in [-0.05, 0) is 278 Å². The normalized spacial score (nSPS) is 12.4. The first-order chi connectivity index (χ1) is 51.5.